The van der Waals surface area contributed by atoms with Gasteiger partial charge in [0.05, 0.1) is 10.6 Å². The van der Waals surface area contributed by atoms with Crippen molar-refractivity contribution in [1.82, 2.24) is 5.32 Å². The van der Waals surface area contributed by atoms with Gasteiger partial charge in [-0.05, 0) is 25.3 Å². The molecule has 0 fully saturated rings. The summed E-state index contributed by atoms with van der Waals surface area (Å²) in [6.07, 6.45) is 0.738. The number of nitrogens with one attached hydrogen (secondary N) is 1. The van der Waals surface area contributed by atoms with Crippen molar-refractivity contribution in [3.8, 4) is 5.75 Å². The zero-order valence-electron chi connectivity index (χ0n) is 11.2. The number of benzene rings is 1. The maximum Gasteiger partial charge on any atom is 0.138 e. The lowest BCUT2D eigenvalue weighted by atomic mass is 9.94. The average molecular weight is 272 g/mol. The molecule has 0 aliphatic carbocycles. The van der Waals surface area contributed by atoms with Crippen molar-refractivity contribution < 1.29 is 10.2 Å². The molecule has 0 heterocycles. The Morgan fingerprint density at radius 2 is 2.06 bits per heavy atom. The fraction of sp³-hybridized carbons (Fsp3) is 0.571. The van der Waals surface area contributed by atoms with Crippen LogP contribution in [0, 0.1) is 5.92 Å². The lowest BCUT2D eigenvalue weighted by Crippen LogP contribution is -2.38. The SMILES string of the molecule is CC(C)CC(C)(O)CNCc1cccc(Cl)c1O. The molecule has 1 aromatic carbocycles. The Balaban J connectivity index is 2.49. The van der Waals surface area contributed by atoms with E-state index >= 15 is 0 Å². The quantitative estimate of drug-likeness (QED) is 0.746. The highest BCUT2D eigenvalue weighted by Gasteiger charge is 2.21. The summed E-state index contributed by atoms with van der Waals surface area (Å²) in [5.74, 6) is 0.552. The first-order chi connectivity index (χ1) is 8.32. The molecule has 1 rings (SSSR count). The minimum atomic E-state index is -0.734. The molecule has 0 radical (unpaired) electrons. The van der Waals surface area contributed by atoms with Crippen molar-refractivity contribution >= 4 is 11.6 Å². The predicted molar refractivity (Wildman–Crippen MR) is 74.9 cm³/mol. The van der Waals surface area contributed by atoms with E-state index in [2.05, 4.69) is 19.2 Å². The van der Waals surface area contributed by atoms with Gasteiger partial charge in [0, 0.05) is 18.7 Å². The van der Waals surface area contributed by atoms with Crippen LogP contribution in [0.15, 0.2) is 18.2 Å². The molecule has 0 bridgehead atoms. The fourth-order valence-corrected chi connectivity index (χ4v) is 2.31. The number of hydrogen-bond acceptors (Lipinski definition) is 3. The lowest BCUT2D eigenvalue weighted by molar-refractivity contribution is 0.0383. The standard InChI is InChI=1S/C14H22ClNO2/c1-10(2)7-14(3,18)9-16-8-11-5-4-6-12(15)13(11)17/h4-6,10,16-18H,7-9H2,1-3H3. The molecular formula is C14H22ClNO2. The lowest BCUT2D eigenvalue weighted by Gasteiger charge is -2.25. The molecule has 3 nitrogen and oxygen atoms in total. The van der Waals surface area contributed by atoms with Crippen LogP contribution < -0.4 is 5.32 Å². The summed E-state index contributed by atoms with van der Waals surface area (Å²) in [6, 6.07) is 5.26. The smallest absolute Gasteiger partial charge is 0.138 e. The normalized spacial score (nSPS) is 14.8. The summed E-state index contributed by atoms with van der Waals surface area (Å²) in [5, 5.41) is 23.4. The number of rotatable bonds is 6. The molecule has 4 heteroatoms. The molecule has 1 aromatic rings. The van der Waals surface area contributed by atoms with Crippen LogP contribution in [0.2, 0.25) is 5.02 Å². The van der Waals surface area contributed by atoms with E-state index in [0.717, 1.165) is 12.0 Å². The monoisotopic (exact) mass is 271 g/mol. The average Bonchev–Trinajstić information content (AvgIpc) is 2.22. The third-order valence-corrected chi connectivity index (χ3v) is 3.04. The Morgan fingerprint density at radius 1 is 1.39 bits per heavy atom. The highest BCUT2D eigenvalue weighted by atomic mass is 35.5. The van der Waals surface area contributed by atoms with Crippen molar-refractivity contribution in [1.29, 1.82) is 0 Å². The van der Waals surface area contributed by atoms with Gasteiger partial charge in [-0.15, -0.1) is 0 Å². The van der Waals surface area contributed by atoms with Crippen molar-refractivity contribution in [2.75, 3.05) is 6.54 Å². The van der Waals surface area contributed by atoms with Crippen LogP contribution in [0.5, 0.6) is 5.75 Å². The molecule has 0 aliphatic rings. The summed E-state index contributed by atoms with van der Waals surface area (Å²) in [5.41, 5.74) is 0.00498. The topological polar surface area (TPSA) is 52.5 Å². The fourth-order valence-electron chi connectivity index (χ4n) is 2.12. The van der Waals surface area contributed by atoms with Crippen LogP contribution in [-0.2, 0) is 6.54 Å². The zero-order chi connectivity index (χ0) is 13.8. The third kappa shape index (κ3) is 4.84. The van der Waals surface area contributed by atoms with E-state index in [1.54, 1.807) is 12.1 Å². The Bertz CT molecular complexity index is 391. The molecule has 0 saturated carbocycles. The maximum absolute atomic E-state index is 10.1. The van der Waals surface area contributed by atoms with Gasteiger partial charge in [0.1, 0.15) is 5.75 Å². The molecule has 0 saturated heterocycles. The third-order valence-electron chi connectivity index (χ3n) is 2.74. The second-order valence-corrected chi connectivity index (χ2v) is 5.85. The van der Waals surface area contributed by atoms with Crippen molar-refractivity contribution in [2.45, 2.75) is 39.3 Å². The first kappa shape index (κ1) is 15.3. The van der Waals surface area contributed by atoms with Crippen LogP contribution in [0.4, 0.5) is 0 Å². The first-order valence-corrected chi connectivity index (χ1v) is 6.59. The van der Waals surface area contributed by atoms with Gasteiger partial charge in [-0.25, -0.2) is 0 Å². The Kier molecular flexibility index (Phi) is 5.45. The highest BCUT2D eigenvalue weighted by molar-refractivity contribution is 6.32. The number of aliphatic hydroxyl groups is 1. The number of phenolic OH excluding ortho intramolecular Hbond substituents is 1. The Labute approximate surface area is 114 Å². The summed E-state index contributed by atoms with van der Waals surface area (Å²) in [6.45, 7) is 6.95. The predicted octanol–water partition coefficient (Wildman–Crippen LogP) is 2.93. The molecule has 0 amide bonds. The van der Waals surface area contributed by atoms with E-state index in [0.29, 0.717) is 24.0 Å². The van der Waals surface area contributed by atoms with Gasteiger partial charge >= 0.3 is 0 Å². The summed E-state index contributed by atoms with van der Waals surface area (Å²) in [4.78, 5) is 0. The highest BCUT2D eigenvalue weighted by Crippen LogP contribution is 2.26. The van der Waals surface area contributed by atoms with Gasteiger partial charge in [0.15, 0.2) is 0 Å². The Morgan fingerprint density at radius 3 is 2.67 bits per heavy atom. The van der Waals surface area contributed by atoms with Crippen LogP contribution in [0.1, 0.15) is 32.8 Å². The van der Waals surface area contributed by atoms with E-state index in [-0.39, 0.29) is 5.75 Å². The number of para-hydroxylation sites is 1. The number of halogens is 1. The van der Waals surface area contributed by atoms with E-state index < -0.39 is 5.60 Å². The molecule has 3 N–H and O–H groups in total. The van der Waals surface area contributed by atoms with Gasteiger partial charge in [-0.1, -0.05) is 37.6 Å². The van der Waals surface area contributed by atoms with Crippen LogP contribution in [-0.4, -0.2) is 22.4 Å². The minimum Gasteiger partial charge on any atom is -0.506 e. The van der Waals surface area contributed by atoms with Crippen LogP contribution in [0.25, 0.3) is 0 Å². The number of aromatic hydroxyl groups is 1. The molecule has 0 aromatic heterocycles. The van der Waals surface area contributed by atoms with Gasteiger partial charge in [0.25, 0.3) is 0 Å². The molecule has 18 heavy (non-hydrogen) atoms. The van der Waals surface area contributed by atoms with Crippen molar-refractivity contribution in [3.05, 3.63) is 28.8 Å². The molecule has 0 aliphatic heterocycles. The van der Waals surface area contributed by atoms with E-state index in [1.165, 1.54) is 0 Å². The molecular weight excluding hydrogens is 250 g/mol. The summed E-state index contributed by atoms with van der Waals surface area (Å²) in [7, 11) is 0. The Hall–Kier alpha value is -0.770. The van der Waals surface area contributed by atoms with Crippen LogP contribution in [0.3, 0.4) is 0 Å². The van der Waals surface area contributed by atoms with Crippen molar-refractivity contribution in [3.63, 3.8) is 0 Å². The second kappa shape index (κ2) is 6.41. The zero-order valence-corrected chi connectivity index (χ0v) is 12.0. The molecule has 0 spiro atoms. The summed E-state index contributed by atoms with van der Waals surface area (Å²) >= 11 is 5.82. The van der Waals surface area contributed by atoms with Gasteiger partial charge < -0.3 is 15.5 Å². The van der Waals surface area contributed by atoms with Gasteiger partial charge in [0.2, 0.25) is 0 Å². The first-order valence-electron chi connectivity index (χ1n) is 6.21. The molecule has 1 atom stereocenters. The molecule has 102 valence electrons. The summed E-state index contributed by atoms with van der Waals surface area (Å²) < 4.78 is 0. The minimum absolute atomic E-state index is 0.107. The largest absolute Gasteiger partial charge is 0.506 e. The van der Waals surface area contributed by atoms with E-state index in [9.17, 15) is 10.2 Å². The van der Waals surface area contributed by atoms with E-state index in [4.69, 9.17) is 11.6 Å². The van der Waals surface area contributed by atoms with Gasteiger partial charge in [-0.2, -0.15) is 0 Å². The second-order valence-electron chi connectivity index (χ2n) is 5.45. The number of phenols is 1. The van der Waals surface area contributed by atoms with Gasteiger partial charge in [-0.3, -0.25) is 0 Å². The molecule has 1 unspecified atom stereocenters. The van der Waals surface area contributed by atoms with Crippen molar-refractivity contribution in [2.24, 2.45) is 5.92 Å². The van der Waals surface area contributed by atoms with E-state index in [1.807, 2.05) is 13.0 Å². The maximum atomic E-state index is 10.1. The van der Waals surface area contributed by atoms with Crippen LogP contribution >= 0.6 is 11.6 Å². The number of hydrogen-bond donors (Lipinski definition) is 3.